The first kappa shape index (κ1) is 17.0. The minimum Gasteiger partial charge on any atom is -0.0998 e. The van der Waals surface area contributed by atoms with Gasteiger partial charge in [0.05, 0.1) is 0 Å². The summed E-state index contributed by atoms with van der Waals surface area (Å²) in [5.74, 6) is 0.647. The van der Waals surface area contributed by atoms with Crippen molar-refractivity contribution in [2.45, 2.75) is 72.6 Å². The van der Waals surface area contributed by atoms with Crippen molar-refractivity contribution in [2.75, 3.05) is 0 Å². The summed E-state index contributed by atoms with van der Waals surface area (Å²) in [6.45, 7) is 13.2. The van der Waals surface area contributed by atoms with Gasteiger partial charge in [0, 0.05) is 0 Å². The summed E-state index contributed by atoms with van der Waals surface area (Å²) < 4.78 is 0. The molecule has 0 radical (unpaired) electrons. The molecule has 0 aromatic rings. The summed E-state index contributed by atoms with van der Waals surface area (Å²) in [6.07, 6.45) is 15.7. The molecule has 0 N–H and O–H groups in total. The van der Waals surface area contributed by atoms with E-state index in [2.05, 4.69) is 52.5 Å². The molecule has 0 aromatic carbocycles. The minimum atomic E-state index is 0.647. The summed E-state index contributed by atoms with van der Waals surface area (Å²) in [7, 11) is 0. The van der Waals surface area contributed by atoms with Gasteiger partial charge in [-0.15, -0.1) is 0 Å². The van der Waals surface area contributed by atoms with Crippen LogP contribution in [0, 0.1) is 5.92 Å². The van der Waals surface area contributed by atoms with E-state index in [1.807, 2.05) is 0 Å². The number of rotatable bonds is 1. The molecule has 1 aliphatic rings. The van der Waals surface area contributed by atoms with Gasteiger partial charge in [0.25, 0.3) is 0 Å². The van der Waals surface area contributed by atoms with Crippen molar-refractivity contribution in [1.82, 2.24) is 0 Å². The first-order chi connectivity index (χ1) is 9.49. The van der Waals surface area contributed by atoms with Gasteiger partial charge in [-0.3, -0.25) is 0 Å². The van der Waals surface area contributed by atoms with Crippen LogP contribution in [0.2, 0.25) is 0 Å². The molecule has 0 spiro atoms. The molecule has 0 aromatic heterocycles. The van der Waals surface area contributed by atoms with Crippen LogP contribution in [-0.4, -0.2) is 0 Å². The van der Waals surface area contributed by atoms with Crippen LogP contribution >= 0.6 is 0 Å². The van der Waals surface area contributed by atoms with Crippen molar-refractivity contribution < 1.29 is 0 Å². The van der Waals surface area contributed by atoms with Crippen molar-refractivity contribution in [2.24, 2.45) is 5.92 Å². The molecule has 0 heteroatoms. The van der Waals surface area contributed by atoms with Gasteiger partial charge in [-0.25, -0.2) is 0 Å². The Hall–Kier alpha value is -1.04. The second kappa shape index (κ2) is 9.00. The second-order valence-electron chi connectivity index (χ2n) is 6.55. The van der Waals surface area contributed by atoms with E-state index in [1.165, 1.54) is 49.7 Å². The van der Waals surface area contributed by atoms with Gasteiger partial charge in [-0.2, -0.15) is 0 Å². The molecular formula is C20H32. The highest BCUT2D eigenvalue weighted by atomic mass is 14.1. The topological polar surface area (TPSA) is 0 Å². The number of allylic oxidation sites excluding steroid dienone is 7. The van der Waals surface area contributed by atoms with Gasteiger partial charge in [0.1, 0.15) is 0 Å². The van der Waals surface area contributed by atoms with E-state index in [4.69, 9.17) is 0 Å². The average molecular weight is 272 g/mol. The molecule has 0 saturated carbocycles. The lowest BCUT2D eigenvalue weighted by molar-refractivity contribution is 0.564. The zero-order chi connectivity index (χ0) is 15.0. The largest absolute Gasteiger partial charge is 0.0998 e. The fraction of sp³-hybridized carbons (Fsp3) is 0.600. The van der Waals surface area contributed by atoms with Crippen LogP contribution < -0.4 is 0 Å². The molecular weight excluding hydrogens is 240 g/mol. The van der Waals surface area contributed by atoms with Crippen LogP contribution in [0.25, 0.3) is 0 Å². The molecule has 1 rings (SSSR count). The molecule has 0 saturated heterocycles. The molecule has 20 heavy (non-hydrogen) atoms. The Balaban J connectivity index is 2.77. The monoisotopic (exact) mass is 272 g/mol. The Morgan fingerprint density at radius 1 is 0.900 bits per heavy atom. The van der Waals surface area contributed by atoms with Crippen molar-refractivity contribution >= 4 is 0 Å². The summed E-state index contributed by atoms with van der Waals surface area (Å²) in [6, 6.07) is 0. The third-order valence-electron chi connectivity index (χ3n) is 4.40. The van der Waals surface area contributed by atoms with Crippen LogP contribution in [0.3, 0.4) is 0 Å². The quantitative estimate of drug-likeness (QED) is 0.462. The Labute approximate surface area is 126 Å². The molecule has 1 aliphatic carbocycles. The molecule has 0 nitrogen and oxygen atoms in total. The standard InChI is InChI=1S/C20H32/c1-16(2)20-14-12-18(4)10-6-8-17(3)9-7-11-19(5)13-15-20/h8,11-12,20H,1,6-7,9-10,13-15H2,2-5H3/b17-8+,18-12+,19-11-. The van der Waals surface area contributed by atoms with Crippen LogP contribution in [0.15, 0.2) is 47.1 Å². The highest BCUT2D eigenvalue weighted by Gasteiger charge is 2.08. The maximum absolute atomic E-state index is 4.18. The van der Waals surface area contributed by atoms with E-state index < -0.39 is 0 Å². The van der Waals surface area contributed by atoms with Crippen molar-refractivity contribution in [1.29, 1.82) is 0 Å². The van der Waals surface area contributed by atoms with Crippen LogP contribution in [0.4, 0.5) is 0 Å². The highest BCUT2D eigenvalue weighted by Crippen LogP contribution is 2.24. The summed E-state index contributed by atoms with van der Waals surface area (Å²) in [5, 5.41) is 0. The lowest BCUT2D eigenvalue weighted by Gasteiger charge is -2.16. The Morgan fingerprint density at radius 3 is 1.95 bits per heavy atom. The minimum absolute atomic E-state index is 0.647. The fourth-order valence-corrected chi connectivity index (χ4v) is 2.71. The molecule has 1 atom stereocenters. The number of hydrogen-bond acceptors (Lipinski definition) is 0. The Morgan fingerprint density at radius 2 is 1.40 bits per heavy atom. The molecule has 112 valence electrons. The van der Waals surface area contributed by atoms with Crippen molar-refractivity contribution in [3.8, 4) is 0 Å². The SMILES string of the molecule is C=C(C)C1C/C=C(\C)CC/C=C(\C)CC/C=C(/C)CC1. The third-order valence-corrected chi connectivity index (χ3v) is 4.40. The van der Waals surface area contributed by atoms with Gasteiger partial charge in [-0.1, -0.05) is 47.1 Å². The maximum atomic E-state index is 4.18. The Bertz CT molecular complexity index is 404. The highest BCUT2D eigenvalue weighted by molar-refractivity contribution is 5.09. The zero-order valence-corrected chi connectivity index (χ0v) is 14.0. The lowest BCUT2D eigenvalue weighted by Crippen LogP contribution is -2.01. The second-order valence-corrected chi connectivity index (χ2v) is 6.55. The molecule has 1 unspecified atom stereocenters. The molecule has 0 amide bonds. The first-order valence-electron chi connectivity index (χ1n) is 8.11. The number of hydrogen-bond donors (Lipinski definition) is 0. The fourth-order valence-electron chi connectivity index (χ4n) is 2.71. The van der Waals surface area contributed by atoms with Gasteiger partial charge >= 0.3 is 0 Å². The van der Waals surface area contributed by atoms with Gasteiger partial charge in [-0.05, 0) is 78.6 Å². The lowest BCUT2D eigenvalue weighted by atomic mass is 9.89. The molecule has 0 bridgehead atoms. The summed E-state index contributed by atoms with van der Waals surface area (Å²) in [4.78, 5) is 0. The van der Waals surface area contributed by atoms with Gasteiger partial charge in [0.15, 0.2) is 0 Å². The molecule has 0 aliphatic heterocycles. The predicted molar refractivity (Wildman–Crippen MR) is 91.9 cm³/mol. The maximum Gasteiger partial charge on any atom is -0.0171 e. The van der Waals surface area contributed by atoms with Crippen molar-refractivity contribution in [3.63, 3.8) is 0 Å². The first-order valence-corrected chi connectivity index (χ1v) is 8.11. The average Bonchev–Trinajstić information content (AvgIpc) is 2.37. The van der Waals surface area contributed by atoms with Gasteiger partial charge in [0.2, 0.25) is 0 Å². The summed E-state index contributed by atoms with van der Waals surface area (Å²) >= 11 is 0. The van der Waals surface area contributed by atoms with Crippen molar-refractivity contribution in [3.05, 3.63) is 47.1 Å². The van der Waals surface area contributed by atoms with E-state index in [9.17, 15) is 0 Å². The van der Waals surface area contributed by atoms with E-state index in [-0.39, 0.29) is 0 Å². The van der Waals surface area contributed by atoms with Crippen LogP contribution in [0.1, 0.15) is 72.6 Å². The summed E-state index contributed by atoms with van der Waals surface area (Å²) in [5.41, 5.74) is 5.95. The van der Waals surface area contributed by atoms with E-state index in [1.54, 1.807) is 11.1 Å². The third kappa shape index (κ3) is 6.93. The van der Waals surface area contributed by atoms with E-state index >= 15 is 0 Å². The normalized spacial score (nSPS) is 31.0. The van der Waals surface area contributed by atoms with Crippen LogP contribution in [-0.2, 0) is 0 Å². The van der Waals surface area contributed by atoms with E-state index in [0.717, 1.165) is 6.42 Å². The smallest absolute Gasteiger partial charge is 0.0171 e. The zero-order valence-electron chi connectivity index (χ0n) is 14.0. The Kier molecular flexibility index (Phi) is 7.65. The van der Waals surface area contributed by atoms with E-state index in [0.29, 0.717) is 5.92 Å². The molecule has 0 heterocycles. The van der Waals surface area contributed by atoms with Crippen LogP contribution in [0.5, 0.6) is 0 Å². The van der Waals surface area contributed by atoms with Gasteiger partial charge < -0.3 is 0 Å². The molecule has 0 fully saturated rings. The predicted octanol–water partition coefficient (Wildman–Crippen LogP) is 6.76.